The summed E-state index contributed by atoms with van der Waals surface area (Å²) in [4.78, 5) is 18.3. The summed E-state index contributed by atoms with van der Waals surface area (Å²) in [5, 5.41) is 18.7. The lowest BCUT2D eigenvalue weighted by Crippen LogP contribution is -2.37. The molecule has 0 atom stereocenters. The fourth-order valence-electron chi connectivity index (χ4n) is 2.98. The van der Waals surface area contributed by atoms with E-state index in [1.807, 2.05) is 6.92 Å². The molecule has 1 aliphatic rings. The molecule has 0 N–H and O–H groups in total. The topological polar surface area (TPSA) is 94.6 Å². The maximum atomic E-state index is 12.1. The van der Waals surface area contributed by atoms with Crippen molar-refractivity contribution in [1.82, 2.24) is 34.7 Å². The van der Waals surface area contributed by atoms with E-state index in [2.05, 4.69) is 30.3 Å². The van der Waals surface area contributed by atoms with Crippen LogP contribution in [0.1, 0.15) is 17.8 Å². The molecule has 1 saturated heterocycles. The molecule has 4 heterocycles. The maximum Gasteiger partial charge on any atom is 0.266 e. The van der Waals surface area contributed by atoms with Crippen molar-refractivity contribution in [3.63, 3.8) is 0 Å². The van der Waals surface area contributed by atoms with E-state index in [-0.39, 0.29) is 5.56 Å². The zero-order valence-electron chi connectivity index (χ0n) is 13.8. The van der Waals surface area contributed by atoms with Gasteiger partial charge in [0, 0.05) is 25.7 Å². The molecule has 130 valence electrons. The third-order valence-electron chi connectivity index (χ3n) is 4.34. The van der Waals surface area contributed by atoms with Crippen LogP contribution in [0.25, 0.3) is 5.82 Å². The summed E-state index contributed by atoms with van der Waals surface area (Å²) in [5.74, 6) is 1.01. The fourth-order valence-corrected chi connectivity index (χ4v) is 3.72. The first kappa shape index (κ1) is 15.9. The van der Waals surface area contributed by atoms with Gasteiger partial charge in [-0.2, -0.15) is 5.10 Å². The number of rotatable bonds is 4. The Morgan fingerprint density at radius 3 is 2.76 bits per heavy atom. The van der Waals surface area contributed by atoms with E-state index in [1.165, 1.54) is 17.1 Å². The van der Waals surface area contributed by atoms with Crippen molar-refractivity contribution in [1.29, 1.82) is 0 Å². The van der Waals surface area contributed by atoms with Gasteiger partial charge >= 0.3 is 0 Å². The van der Waals surface area contributed by atoms with Crippen LogP contribution in [0.5, 0.6) is 0 Å². The molecular formula is C15H18N8OS. The Morgan fingerprint density at radius 1 is 1.24 bits per heavy atom. The van der Waals surface area contributed by atoms with Crippen LogP contribution in [0.2, 0.25) is 0 Å². The largest absolute Gasteiger partial charge is 0.347 e. The Bertz CT molecular complexity index is 894. The number of aromatic nitrogens is 7. The monoisotopic (exact) mass is 358 g/mol. The molecule has 3 aromatic heterocycles. The van der Waals surface area contributed by atoms with Gasteiger partial charge in [-0.05, 0) is 31.7 Å². The molecule has 0 unspecified atom stereocenters. The molecule has 0 aliphatic carbocycles. The zero-order chi connectivity index (χ0) is 17.2. The van der Waals surface area contributed by atoms with E-state index >= 15 is 0 Å². The third kappa shape index (κ3) is 3.43. The molecule has 3 aromatic rings. The van der Waals surface area contributed by atoms with Crippen molar-refractivity contribution in [2.24, 2.45) is 5.92 Å². The van der Waals surface area contributed by atoms with Crippen LogP contribution in [0.4, 0.5) is 5.13 Å². The second-order valence-electron chi connectivity index (χ2n) is 6.09. The summed E-state index contributed by atoms with van der Waals surface area (Å²) in [6, 6.07) is 3.19. The second kappa shape index (κ2) is 6.71. The number of aryl methyl sites for hydroxylation is 1. The van der Waals surface area contributed by atoms with Crippen molar-refractivity contribution in [2.75, 3.05) is 18.0 Å². The number of hydrogen-bond acceptors (Lipinski definition) is 8. The lowest BCUT2D eigenvalue weighted by Gasteiger charge is -2.31. The molecule has 1 aliphatic heterocycles. The summed E-state index contributed by atoms with van der Waals surface area (Å²) in [6.45, 7) is 4.44. The smallest absolute Gasteiger partial charge is 0.266 e. The number of hydrogen-bond donors (Lipinski definition) is 0. The summed E-state index contributed by atoms with van der Waals surface area (Å²) in [5.41, 5.74) is -0.0916. The van der Waals surface area contributed by atoms with Gasteiger partial charge in [0.25, 0.3) is 5.56 Å². The molecule has 0 radical (unpaired) electrons. The molecular weight excluding hydrogens is 340 g/mol. The predicted octanol–water partition coefficient (Wildman–Crippen LogP) is 0.901. The highest BCUT2D eigenvalue weighted by atomic mass is 32.1. The summed E-state index contributed by atoms with van der Waals surface area (Å²) in [7, 11) is 0. The van der Waals surface area contributed by atoms with Gasteiger partial charge in [0.15, 0.2) is 5.82 Å². The van der Waals surface area contributed by atoms with Gasteiger partial charge < -0.3 is 4.90 Å². The highest BCUT2D eigenvalue weighted by Crippen LogP contribution is 2.26. The van der Waals surface area contributed by atoms with Crippen LogP contribution < -0.4 is 10.5 Å². The molecule has 9 nitrogen and oxygen atoms in total. The molecule has 0 amide bonds. The van der Waals surface area contributed by atoms with Crippen molar-refractivity contribution in [3.8, 4) is 5.82 Å². The second-order valence-corrected chi connectivity index (χ2v) is 7.25. The van der Waals surface area contributed by atoms with Crippen LogP contribution in [0.3, 0.4) is 0 Å². The Balaban J connectivity index is 1.43. The Kier molecular flexibility index (Phi) is 4.26. The Labute approximate surface area is 148 Å². The van der Waals surface area contributed by atoms with Crippen molar-refractivity contribution in [2.45, 2.75) is 26.3 Å². The first-order chi connectivity index (χ1) is 12.2. The first-order valence-electron chi connectivity index (χ1n) is 8.17. The molecule has 0 spiro atoms. The molecule has 0 aromatic carbocycles. The number of piperidine rings is 1. The van der Waals surface area contributed by atoms with Crippen LogP contribution in [0.15, 0.2) is 29.6 Å². The summed E-state index contributed by atoms with van der Waals surface area (Å²) < 4.78 is 3.09. The minimum Gasteiger partial charge on any atom is -0.347 e. The van der Waals surface area contributed by atoms with Crippen molar-refractivity contribution < 1.29 is 0 Å². The predicted molar refractivity (Wildman–Crippen MR) is 93.0 cm³/mol. The van der Waals surface area contributed by atoms with E-state index in [0.717, 1.165) is 36.1 Å². The van der Waals surface area contributed by atoms with Crippen LogP contribution in [-0.2, 0) is 6.54 Å². The van der Waals surface area contributed by atoms with Crippen LogP contribution >= 0.6 is 11.3 Å². The van der Waals surface area contributed by atoms with Crippen molar-refractivity contribution in [3.05, 3.63) is 40.1 Å². The number of nitrogens with zero attached hydrogens (tertiary/aromatic N) is 8. The van der Waals surface area contributed by atoms with Gasteiger partial charge in [0.1, 0.15) is 17.7 Å². The molecule has 4 rings (SSSR count). The Hall–Kier alpha value is -2.62. The van der Waals surface area contributed by atoms with E-state index in [9.17, 15) is 4.79 Å². The average molecular weight is 358 g/mol. The summed E-state index contributed by atoms with van der Waals surface area (Å²) in [6.07, 6.45) is 5.02. The fraction of sp³-hybridized carbons (Fsp3) is 0.467. The number of anilines is 1. The average Bonchev–Trinajstić information content (AvgIpc) is 3.29. The first-order valence-corrected chi connectivity index (χ1v) is 8.99. The van der Waals surface area contributed by atoms with E-state index < -0.39 is 0 Å². The van der Waals surface area contributed by atoms with Gasteiger partial charge in [0.2, 0.25) is 5.13 Å². The van der Waals surface area contributed by atoms with Crippen molar-refractivity contribution >= 4 is 16.5 Å². The standard InChI is InChI=1S/C15H18N8OS/c1-11-18-19-15(25-11)21-6-4-12(5-7-21)8-22-14(24)3-2-13(20-22)23-10-16-9-17-23/h2-3,9-10,12H,4-8H2,1H3. The molecule has 10 heteroatoms. The van der Waals surface area contributed by atoms with Gasteiger partial charge in [0.05, 0.1) is 0 Å². The van der Waals surface area contributed by atoms with Gasteiger partial charge in [-0.15, -0.1) is 15.3 Å². The van der Waals surface area contributed by atoms with E-state index in [4.69, 9.17) is 0 Å². The lowest BCUT2D eigenvalue weighted by molar-refractivity contribution is 0.334. The molecule has 25 heavy (non-hydrogen) atoms. The van der Waals surface area contributed by atoms with Gasteiger partial charge in [-0.1, -0.05) is 11.3 Å². The quantitative estimate of drug-likeness (QED) is 0.684. The maximum absolute atomic E-state index is 12.1. The molecule has 0 bridgehead atoms. The highest BCUT2D eigenvalue weighted by Gasteiger charge is 2.22. The van der Waals surface area contributed by atoms with E-state index in [1.54, 1.807) is 28.4 Å². The molecule has 1 fully saturated rings. The Morgan fingerprint density at radius 2 is 2.08 bits per heavy atom. The highest BCUT2D eigenvalue weighted by molar-refractivity contribution is 7.15. The third-order valence-corrected chi connectivity index (χ3v) is 5.24. The minimum absolute atomic E-state index is 0.0916. The SMILES string of the molecule is Cc1nnc(N2CCC(Cn3nc(-n4cncn4)ccc3=O)CC2)s1. The zero-order valence-corrected chi connectivity index (χ0v) is 14.6. The summed E-state index contributed by atoms with van der Waals surface area (Å²) >= 11 is 1.62. The normalized spacial score (nSPS) is 15.6. The van der Waals surface area contributed by atoms with Crippen LogP contribution in [-0.4, -0.2) is 47.8 Å². The van der Waals surface area contributed by atoms with Gasteiger partial charge in [-0.25, -0.2) is 14.3 Å². The van der Waals surface area contributed by atoms with Gasteiger partial charge in [-0.3, -0.25) is 4.79 Å². The van der Waals surface area contributed by atoms with E-state index in [0.29, 0.717) is 18.3 Å². The van der Waals surface area contributed by atoms with Crippen LogP contribution in [0, 0.1) is 12.8 Å². The minimum atomic E-state index is -0.0916. The molecule has 0 saturated carbocycles. The lowest BCUT2D eigenvalue weighted by atomic mass is 9.97.